The number of aryl methyl sites for hydroxylation is 1. The number of aromatic nitrogens is 3. The van der Waals surface area contributed by atoms with Crippen LogP contribution >= 0.6 is 11.3 Å². The molecule has 116 valence electrons. The van der Waals surface area contributed by atoms with Gasteiger partial charge in [-0.2, -0.15) is 5.10 Å². The van der Waals surface area contributed by atoms with E-state index in [1.807, 2.05) is 31.1 Å². The normalized spacial score (nSPS) is 12.9. The second-order valence-electron chi connectivity index (χ2n) is 5.23. The Bertz CT molecular complexity index is 579. The Balaban J connectivity index is 2.17. The van der Waals surface area contributed by atoms with Crippen LogP contribution in [0.1, 0.15) is 22.5 Å². The van der Waals surface area contributed by atoms with Crippen molar-refractivity contribution in [1.29, 1.82) is 0 Å². The Labute approximate surface area is 129 Å². The zero-order valence-electron chi connectivity index (χ0n) is 12.9. The molecule has 2 aromatic rings. The van der Waals surface area contributed by atoms with Crippen molar-refractivity contribution in [1.82, 2.24) is 19.7 Å². The number of nitrogens with zero attached hydrogens (tertiary/aromatic N) is 4. The van der Waals surface area contributed by atoms with Crippen molar-refractivity contribution in [2.45, 2.75) is 26.0 Å². The van der Waals surface area contributed by atoms with Gasteiger partial charge in [0.2, 0.25) is 0 Å². The summed E-state index contributed by atoms with van der Waals surface area (Å²) in [7, 11) is 5.61. The van der Waals surface area contributed by atoms with Crippen LogP contribution in [-0.2, 0) is 13.0 Å². The lowest BCUT2D eigenvalue weighted by atomic mass is 10.2. The van der Waals surface area contributed by atoms with Crippen molar-refractivity contribution in [2.75, 3.05) is 27.7 Å². The van der Waals surface area contributed by atoms with Gasteiger partial charge in [-0.15, -0.1) is 11.3 Å². The molecule has 1 unspecified atom stereocenters. The number of methoxy groups -OCH3 is 1. The van der Waals surface area contributed by atoms with Crippen LogP contribution in [0.4, 0.5) is 0 Å². The van der Waals surface area contributed by atoms with Crippen LogP contribution in [0.15, 0.2) is 11.6 Å². The van der Waals surface area contributed by atoms with E-state index in [1.165, 1.54) is 0 Å². The first-order valence-corrected chi connectivity index (χ1v) is 7.72. The van der Waals surface area contributed by atoms with Gasteiger partial charge in [0.15, 0.2) is 5.75 Å². The van der Waals surface area contributed by atoms with Gasteiger partial charge in [0.05, 0.1) is 24.9 Å². The van der Waals surface area contributed by atoms with E-state index in [2.05, 4.69) is 15.0 Å². The highest BCUT2D eigenvalue weighted by atomic mass is 32.1. The lowest BCUT2D eigenvalue weighted by molar-refractivity contribution is 0.161. The maximum atomic E-state index is 10.5. The maximum Gasteiger partial charge on any atom is 0.162 e. The third kappa shape index (κ3) is 4.03. The number of aliphatic hydroxyl groups is 1. The van der Waals surface area contributed by atoms with Gasteiger partial charge in [-0.1, -0.05) is 0 Å². The Morgan fingerprint density at radius 3 is 2.81 bits per heavy atom. The van der Waals surface area contributed by atoms with Crippen molar-refractivity contribution >= 4 is 11.3 Å². The molecule has 2 aromatic heterocycles. The van der Waals surface area contributed by atoms with Crippen LogP contribution < -0.4 is 4.74 Å². The van der Waals surface area contributed by atoms with Gasteiger partial charge in [-0.25, -0.2) is 4.98 Å². The van der Waals surface area contributed by atoms with Crippen molar-refractivity contribution in [3.8, 4) is 5.75 Å². The molecule has 21 heavy (non-hydrogen) atoms. The van der Waals surface area contributed by atoms with Crippen LogP contribution in [0.3, 0.4) is 0 Å². The fourth-order valence-corrected chi connectivity index (χ4v) is 2.91. The molecule has 2 rings (SSSR count). The molecule has 0 radical (unpaired) electrons. The van der Waals surface area contributed by atoms with Gasteiger partial charge in [0.1, 0.15) is 11.8 Å². The molecular weight excluding hydrogens is 288 g/mol. The summed E-state index contributed by atoms with van der Waals surface area (Å²) in [5.74, 6) is 0.620. The second-order valence-corrected chi connectivity index (χ2v) is 6.17. The molecule has 0 amide bonds. The largest absolute Gasteiger partial charge is 0.493 e. The molecule has 6 nitrogen and oxygen atoms in total. The van der Waals surface area contributed by atoms with E-state index in [0.717, 1.165) is 17.2 Å². The molecule has 0 bridgehead atoms. The molecule has 0 aromatic carbocycles. The number of ether oxygens (including phenoxy) is 1. The molecule has 0 fully saturated rings. The molecule has 0 aliphatic heterocycles. The number of hydrogen-bond acceptors (Lipinski definition) is 6. The molecule has 0 aliphatic rings. The molecule has 0 aliphatic carbocycles. The van der Waals surface area contributed by atoms with Crippen LogP contribution in [0, 0.1) is 6.92 Å². The molecule has 0 saturated heterocycles. The molecule has 7 heteroatoms. The Kier molecular flexibility index (Phi) is 5.33. The van der Waals surface area contributed by atoms with Crippen molar-refractivity contribution in [3.05, 3.63) is 28.0 Å². The number of hydrogen-bond donors (Lipinski definition) is 1. The minimum absolute atomic E-state index is 0.475. The van der Waals surface area contributed by atoms with E-state index in [4.69, 9.17) is 4.74 Å². The molecular formula is C14H22N4O2S. The van der Waals surface area contributed by atoms with Crippen LogP contribution in [0.25, 0.3) is 0 Å². The highest BCUT2D eigenvalue weighted by Crippen LogP contribution is 2.28. The van der Waals surface area contributed by atoms with Gasteiger partial charge in [-0.3, -0.25) is 4.68 Å². The van der Waals surface area contributed by atoms with Gasteiger partial charge < -0.3 is 14.7 Å². The van der Waals surface area contributed by atoms with Gasteiger partial charge in [0, 0.05) is 24.0 Å². The van der Waals surface area contributed by atoms with Gasteiger partial charge >= 0.3 is 0 Å². The van der Waals surface area contributed by atoms with E-state index in [1.54, 1.807) is 24.6 Å². The van der Waals surface area contributed by atoms with Crippen molar-refractivity contribution in [2.24, 2.45) is 0 Å². The summed E-state index contributed by atoms with van der Waals surface area (Å²) < 4.78 is 7.13. The highest BCUT2D eigenvalue weighted by Gasteiger charge is 2.21. The fourth-order valence-electron chi connectivity index (χ4n) is 2.10. The predicted molar refractivity (Wildman–Crippen MR) is 82.8 cm³/mol. The second kappa shape index (κ2) is 7.02. The Morgan fingerprint density at radius 2 is 2.24 bits per heavy atom. The fraction of sp³-hybridized carbons (Fsp3) is 0.571. The Hall–Kier alpha value is -1.44. The number of rotatable bonds is 7. The van der Waals surface area contributed by atoms with E-state index in [-0.39, 0.29) is 0 Å². The first-order chi connectivity index (χ1) is 10.0. The SMILES string of the molecule is COc1cnn(CCN(C)C)c1C(O)Cc1nc(C)cs1. The van der Waals surface area contributed by atoms with E-state index in [0.29, 0.717) is 24.4 Å². The topological polar surface area (TPSA) is 63.4 Å². The standard InChI is InChI=1S/C14H22N4O2S/c1-10-9-21-13(16-10)7-11(19)14-12(20-4)8-15-18(14)6-5-17(2)3/h8-9,11,19H,5-7H2,1-4H3. The zero-order chi connectivity index (χ0) is 15.4. The van der Waals surface area contributed by atoms with Crippen LogP contribution in [0.5, 0.6) is 5.75 Å². The molecule has 1 atom stereocenters. The quantitative estimate of drug-likeness (QED) is 0.839. The van der Waals surface area contributed by atoms with Crippen molar-refractivity contribution < 1.29 is 9.84 Å². The first kappa shape index (κ1) is 15.9. The average Bonchev–Trinajstić information content (AvgIpc) is 3.02. The van der Waals surface area contributed by atoms with E-state index >= 15 is 0 Å². The Morgan fingerprint density at radius 1 is 1.48 bits per heavy atom. The predicted octanol–water partition coefficient (Wildman–Crippen LogP) is 1.49. The maximum absolute atomic E-state index is 10.5. The summed E-state index contributed by atoms with van der Waals surface area (Å²) in [6.45, 7) is 3.51. The van der Waals surface area contributed by atoms with Crippen LogP contribution in [0.2, 0.25) is 0 Å². The lowest BCUT2D eigenvalue weighted by Gasteiger charge is -2.16. The number of aliphatic hydroxyl groups excluding tert-OH is 1. The summed E-state index contributed by atoms with van der Waals surface area (Å²) >= 11 is 1.56. The summed E-state index contributed by atoms with van der Waals surface area (Å²) in [6.07, 6.45) is 1.46. The third-order valence-electron chi connectivity index (χ3n) is 3.17. The van der Waals surface area contributed by atoms with Crippen molar-refractivity contribution in [3.63, 3.8) is 0 Å². The summed E-state index contributed by atoms with van der Waals surface area (Å²) in [5, 5.41) is 17.8. The molecule has 0 spiro atoms. The summed E-state index contributed by atoms with van der Waals surface area (Å²) in [4.78, 5) is 6.48. The number of likely N-dealkylation sites (N-methyl/N-ethyl adjacent to an activating group) is 1. The smallest absolute Gasteiger partial charge is 0.162 e. The molecule has 0 saturated carbocycles. The van der Waals surface area contributed by atoms with E-state index < -0.39 is 6.10 Å². The summed E-state index contributed by atoms with van der Waals surface area (Å²) in [6, 6.07) is 0. The lowest BCUT2D eigenvalue weighted by Crippen LogP contribution is -2.21. The van der Waals surface area contributed by atoms with Gasteiger partial charge in [-0.05, 0) is 21.0 Å². The zero-order valence-corrected chi connectivity index (χ0v) is 13.7. The third-order valence-corrected chi connectivity index (χ3v) is 4.16. The highest BCUT2D eigenvalue weighted by molar-refractivity contribution is 7.09. The number of thiazole rings is 1. The van der Waals surface area contributed by atoms with Gasteiger partial charge in [0.25, 0.3) is 0 Å². The monoisotopic (exact) mass is 310 g/mol. The average molecular weight is 310 g/mol. The van der Waals surface area contributed by atoms with E-state index in [9.17, 15) is 5.11 Å². The molecule has 2 heterocycles. The minimum atomic E-state index is -0.671. The summed E-state index contributed by atoms with van der Waals surface area (Å²) in [5.41, 5.74) is 1.70. The first-order valence-electron chi connectivity index (χ1n) is 6.84. The minimum Gasteiger partial charge on any atom is -0.493 e. The van der Waals surface area contributed by atoms with Crippen LogP contribution in [-0.4, -0.2) is 52.5 Å². The molecule has 1 N–H and O–H groups in total.